The second-order valence-corrected chi connectivity index (χ2v) is 10.6. The number of rotatable bonds is 7. The Kier molecular flexibility index (Phi) is 6.73. The zero-order valence-electron chi connectivity index (χ0n) is 21.9. The van der Waals surface area contributed by atoms with Crippen LogP contribution in [0.1, 0.15) is 42.7 Å². The number of hydrogen-bond donors (Lipinski definition) is 1. The first kappa shape index (κ1) is 24.4. The zero-order valence-corrected chi connectivity index (χ0v) is 21.9. The Balaban J connectivity index is 1.17. The number of nitrogens with zero attached hydrogens (tertiary/aromatic N) is 3. The minimum atomic E-state index is -0.265. The standard InChI is InChI=1S/C32H34N4O2/c1-23-13-15-24(16-14-23)30-29-12-4-5-19-35(29)32(38)36(31(30)37)20-7-6-17-34-18-8-9-25(22-34)27-21-33-28-11-3-2-10-26(27)28/h2-5,10-16,19,21,25,33H,6-9,17-18,20,22H2,1H3. The molecule has 1 N–H and O–H groups in total. The molecule has 38 heavy (non-hydrogen) atoms. The first-order chi connectivity index (χ1) is 18.6. The van der Waals surface area contributed by atoms with Gasteiger partial charge in [0.2, 0.25) is 0 Å². The minimum Gasteiger partial charge on any atom is -0.361 e. The highest BCUT2D eigenvalue weighted by Gasteiger charge is 2.23. The molecule has 1 aliphatic heterocycles. The number of benzene rings is 2. The first-order valence-electron chi connectivity index (χ1n) is 13.7. The quantitative estimate of drug-likeness (QED) is 0.293. The topological polar surface area (TPSA) is 62.5 Å². The molecule has 0 aliphatic carbocycles. The van der Waals surface area contributed by atoms with Crippen LogP contribution in [0.15, 0.2) is 88.7 Å². The van der Waals surface area contributed by atoms with Gasteiger partial charge >= 0.3 is 5.69 Å². The van der Waals surface area contributed by atoms with Crippen molar-refractivity contribution in [3.05, 3.63) is 111 Å². The summed E-state index contributed by atoms with van der Waals surface area (Å²) in [5.41, 5.74) is 5.37. The van der Waals surface area contributed by atoms with Crippen LogP contribution in [0.4, 0.5) is 0 Å². The van der Waals surface area contributed by atoms with Gasteiger partial charge in [0.1, 0.15) is 0 Å². The number of likely N-dealkylation sites (tertiary alicyclic amines) is 1. The van der Waals surface area contributed by atoms with Gasteiger partial charge in [-0.1, -0.05) is 54.1 Å². The van der Waals surface area contributed by atoms with Crippen LogP contribution in [-0.2, 0) is 6.54 Å². The Morgan fingerprint density at radius 1 is 0.921 bits per heavy atom. The zero-order chi connectivity index (χ0) is 26.1. The molecule has 0 saturated carbocycles. The lowest BCUT2D eigenvalue weighted by Gasteiger charge is -2.32. The van der Waals surface area contributed by atoms with Crippen molar-refractivity contribution in [1.29, 1.82) is 0 Å². The van der Waals surface area contributed by atoms with Crippen LogP contribution in [0.3, 0.4) is 0 Å². The van der Waals surface area contributed by atoms with Gasteiger partial charge in [-0.25, -0.2) is 4.79 Å². The van der Waals surface area contributed by atoms with Crippen LogP contribution < -0.4 is 11.2 Å². The second-order valence-electron chi connectivity index (χ2n) is 10.6. The van der Waals surface area contributed by atoms with Gasteiger partial charge in [-0.2, -0.15) is 0 Å². The van der Waals surface area contributed by atoms with E-state index in [1.807, 2.05) is 49.4 Å². The van der Waals surface area contributed by atoms with Gasteiger partial charge in [-0.05, 0) is 80.9 Å². The number of fused-ring (bicyclic) bond motifs is 2. The third kappa shape index (κ3) is 4.61. The fraction of sp³-hybridized carbons (Fsp3) is 0.312. The van der Waals surface area contributed by atoms with Crippen LogP contribution in [0.25, 0.3) is 27.5 Å². The molecule has 6 rings (SSSR count). The molecule has 0 radical (unpaired) electrons. The summed E-state index contributed by atoms with van der Waals surface area (Å²) in [6.07, 6.45) is 8.08. The molecule has 2 aromatic carbocycles. The van der Waals surface area contributed by atoms with Gasteiger partial charge in [-0.3, -0.25) is 13.8 Å². The summed E-state index contributed by atoms with van der Waals surface area (Å²) in [6, 6.07) is 22.0. The van der Waals surface area contributed by atoms with Gasteiger partial charge in [0.25, 0.3) is 5.56 Å². The third-order valence-electron chi connectivity index (χ3n) is 8.02. The van der Waals surface area contributed by atoms with Crippen molar-refractivity contribution in [2.75, 3.05) is 19.6 Å². The van der Waals surface area contributed by atoms with Crippen molar-refractivity contribution < 1.29 is 0 Å². The average Bonchev–Trinajstić information content (AvgIpc) is 3.38. The predicted octanol–water partition coefficient (Wildman–Crippen LogP) is 5.58. The van der Waals surface area contributed by atoms with Crippen LogP contribution >= 0.6 is 0 Å². The molecule has 0 amide bonds. The summed E-state index contributed by atoms with van der Waals surface area (Å²) in [4.78, 5) is 32.9. The largest absolute Gasteiger partial charge is 0.361 e. The van der Waals surface area contributed by atoms with E-state index in [0.717, 1.165) is 43.6 Å². The Morgan fingerprint density at radius 2 is 1.71 bits per heavy atom. The number of aromatic amines is 1. The van der Waals surface area contributed by atoms with Crippen LogP contribution in [0, 0.1) is 6.92 Å². The summed E-state index contributed by atoms with van der Waals surface area (Å²) in [6.45, 7) is 5.59. The maximum Gasteiger partial charge on any atom is 0.335 e. The van der Waals surface area contributed by atoms with Crippen molar-refractivity contribution in [2.45, 2.75) is 45.1 Å². The highest BCUT2D eigenvalue weighted by Crippen LogP contribution is 2.32. The normalized spacial score (nSPS) is 16.4. The van der Waals surface area contributed by atoms with E-state index in [0.29, 0.717) is 23.5 Å². The number of para-hydroxylation sites is 1. The molecule has 4 heterocycles. The maximum absolute atomic E-state index is 13.6. The second kappa shape index (κ2) is 10.5. The van der Waals surface area contributed by atoms with Gasteiger partial charge in [0.05, 0.1) is 11.1 Å². The van der Waals surface area contributed by atoms with Gasteiger partial charge in [-0.15, -0.1) is 0 Å². The van der Waals surface area contributed by atoms with Crippen molar-refractivity contribution in [3.8, 4) is 11.1 Å². The monoisotopic (exact) mass is 506 g/mol. The van der Waals surface area contributed by atoms with E-state index >= 15 is 0 Å². The molecule has 3 aromatic heterocycles. The molecule has 5 aromatic rings. The Morgan fingerprint density at radius 3 is 2.58 bits per heavy atom. The molecule has 1 aliphatic rings. The van der Waals surface area contributed by atoms with E-state index in [9.17, 15) is 9.59 Å². The van der Waals surface area contributed by atoms with Crippen molar-refractivity contribution in [1.82, 2.24) is 18.9 Å². The number of nitrogens with one attached hydrogen (secondary N) is 1. The van der Waals surface area contributed by atoms with Crippen molar-refractivity contribution in [2.24, 2.45) is 0 Å². The van der Waals surface area contributed by atoms with Crippen molar-refractivity contribution >= 4 is 16.4 Å². The fourth-order valence-electron chi connectivity index (χ4n) is 6.01. The molecule has 6 nitrogen and oxygen atoms in total. The van der Waals surface area contributed by atoms with E-state index in [2.05, 4.69) is 40.3 Å². The van der Waals surface area contributed by atoms with Crippen LogP contribution in [0.5, 0.6) is 0 Å². The highest BCUT2D eigenvalue weighted by atomic mass is 16.2. The summed E-state index contributed by atoms with van der Waals surface area (Å²) < 4.78 is 3.03. The molecule has 0 spiro atoms. The minimum absolute atomic E-state index is 0.206. The van der Waals surface area contributed by atoms with Gasteiger partial charge in [0, 0.05) is 36.4 Å². The van der Waals surface area contributed by atoms with E-state index < -0.39 is 0 Å². The SMILES string of the molecule is Cc1ccc(-c2c(=O)n(CCCCN3CCCC(c4c[nH]c5ccccc45)C3)c(=O)n3ccccc23)cc1. The van der Waals surface area contributed by atoms with Crippen LogP contribution in [-0.4, -0.2) is 38.5 Å². The van der Waals surface area contributed by atoms with E-state index in [-0.39, 0.29) is 11.2 Å². The number of unbranched alkanes of at least 4 members (excludes halogenated alkanes) is 1. The molecule has 194 valence electrons. The lowest BCUT2D eigenvalue weighted by Crippen LogP contribution is -2.39. The molecular weight excluding hydrogens is 472 g/mol. The number of H-pyrrole nitrogens is 1. The molecule has 1 atom stereocenters. The van der Waals surface area contributed by atoms with E-state index in [1.165, 1.54) is 33.9 Å². The maximum atomic E-state index is 13.6. The number of pyridine rings is 1. The molecule has 1 fully saturated rings. The van der Waals surface area contributed by atoms with E-state index in [4.69, 9.17) is 0 Å². The number of piperidine rings is 1. The Bertz CT molecular complexity index is 1690. The average molecular weight is 507 g/mol. The summed E-state index contributed by atoms with van der Waals surface area (Å²) in [7, 11) is 0. The molecular formula is C32H34N4O2. The van der Waals surface area contributed by atoms with E-state index in [1.54, 1.807) is 10.6 Å². The number of hydrogen-bond acceptors (Lipinski definition) is 3. The summed E-state index contributed by atoms with van der Waals surface area (Å²) in [5.74, 6) is 0.532. The summed E-state index contributed by atoms with van der Waals surface area (Å²) >= 11 is 0. The lowest BCUT2D eigenvalue weighted by atomic mass is 9.90. The first-order valence-corrected chi connectivity index (χ1v) is 13.7. The number of aryl methyl sites for hydroxylation is 1. The molecule has 0 bridgehead atoms. The lowest BCUT2D eigenvalue weighted by molar-refractivity contribution is 0.204. The van der Waals surface area contributed by atoms with Gasteiger partial charge in [0.15, 0.2) is 0 Å². The Labute approximate surface area is 222 Å². The predicted molar refractivity (Wildman–Crippen MR) is 154 cm³/mol. The highest BCUT2D eigenvalue weighted by molar-refractivity contribution is 5.83. The van der Waals surface area contributed by atoms with Crippen LogP contribution in [0.2, 0.25) is 0 Å². The fourth-order valence-corrected chi connectivity index (χ4v) is 6.01. The summed E-state index contributed by atoms with van der Waals surface area (Å²) in [5, 5.41) is 1.33. The molecule has 1 unspecified atom stereocenters. The third-order valence-corrected chi connectivity index (χ3v) is 8.02. The molecule has 6 heteroatoms. The Hall–Kier alpha value is -3.90. The van der Waals surface area contributed by atoms with Crippen molar-refractivity contribution in [3.63, 3.8) is 0 Å². The molecule has 1 saturated heterocycles. The number of aromatic nitrogens is 3. The smallest absolute Gasteiger partial charge is 0.335 e. The van der Waals surface area contributed by atoms with Gasteiger partial charge < -0.3 is 9.88 Å².